The second-order valence-corrected chi connectivity index (χ2v) is 8.88. The number of carboxylic acids is 1. The normalized spacial score (nSPS) is 19.7. The van der Waals surface area contributed by atoms with E-state index in [9.17, 15) is 19.5 Å². The Morgan fingerprint density at radius 2 is 1.71 bits per heavy atom. The number of amides is 2. The van der Waals surface area contributed by atoms with Gasteiger partial charge in [0.2, 0.25) is 5.91 Å². The zero-order valence-corrected chi connectivity index (χ0v) is 19.6. The maximum absolute atomic E-state index is 13.2. The second-order valence-electron chi connectivity index (χ2n) is 8.88. The third kappa shape index (κ3) is 5.31. The first-order chi connectivity index (χ1) is 16.9. The molecule has 2 amide bonds. The van der Waals surface area contributed by atoms with Crippen LogP contribution in [0.2, 0.25) is 0 Å². The fourth-order valence-electron chi connectivity index (χ4n) is 5.00. The van der Waals surface area contributed by atoms with Crippen molar-refractivity contribution < 1.29 is 34.1 Å². The molecule has 1 heterocycles. The maximum Gasteiger partial charge on any atom is 0.407 e. The predicted octanol–water partition coefficient (Wildman–Crippen LogP) is 2.37. The fourth-order valence-corrected chi connectivity index (χ4v) is 5.00. The summed E-state index contributed by atoms with van der Waals surface area (Å²) in [5.41, 5.74) is 4.33. The molecule has 1 aliphatic heterocycles. The van der Waals surface area contributed by atoms with Crippen molar-refractivity contribution in [2.24, 2.45) is 0 Å². The number of likely N-dealkylation sites (tertiary alicyclic amines) is 1. The van der Waals surface area contributed by atoms with Crippen molar-refractivity contribution in [3.63, 3.8) is 0 Å². The number of nitrogens with zero attached hydrogens (tertiary/aromatic N) is 1. The summed E-state index contributed by atoms with van der Waals surface area (Å²) in [6, 6.07) is 14.4. The molecule has 0 bridgehead atoms. The molecule has 0 radical (unpaired) electrons. The van der Waals surface area contributed by atoms with Crippen molar-refractivity contribution in [2.75, 3.05) is 26.9 Å². The Labute approximate surface area is 203 Å². The Morgan fingerprint density at radius 1 is 1.09 bits per heavy atom. The highest BCUT2D eigenvalue weighted by Crippen LogP contribution is 2.44. The lowest BCUT2D eigenvalue weighted by Gasteiger charge is -2.28. The van der Waals surface area contributed by atoms with E-state index in [-0.39, 0.29) is 44.6 Å². The van der Waals surface area contributed by atoms with Crippen LogP contribution in [0.4, 0.5) is 4.79 Å². The van der Waals surface area contributed by atoms with E-state index in [1.807, 2.05) is 48.5 Å². The fraction of sp³-hybridized carbons (Fsp3) is 0.423. The van der Waals surface area contributed by atoms with E-state index >= 15 is 0 Å². The van der Waals surface area contributed by atoms with E-state index in [1.54, 1.807) is 0 Å². The van der Waals surface area contributed by atoms with Crippen LogP contribution in [0.15, 0.2) is 48.5 Å². The van der Waals surface area contributed by atoms with Gasteiger partial charge < -0.3 is 29.9 Å². The number of methoxy groups -OCH3 is 1. The first-order valence-corrected chi connectivity index (χ1v) is 11.7. The van der Waals surface area contributed by atoms with Gasteiger partial charge in [-0.1, -0.05) is 48.5 Å². The van der Waals surface area contributed by atoms with E-state index in [4.69, 9.17) is 14.6 Å². The number of hydrogen-bond acceptors (Lipinski definition) is 6. The first-order valence-electron chi connectivity index (χ1n) is 11.7. The molecule has 0 saturated carbocycles. The van der Waals surface area contributed by atoms with Crippen LogP contribution in [0, 0.1) is 0 Å². The lowest BCUT2D eigenvalue weighted by Crippen LogP contribution is -2.51. The molecule has 3 atom stereocenters. The van der Waals surface area contributed by atoms with Gasteiger partial charge in [-0.3, -0.25) is 9.59 Å². The molecule has 2 aliphatic rings. The summed E-state index contributed by atoms with van der Waals surface area (Å²) in [5.74, 6) is -1.67. The van der Waals surface area contributed by atoms with Gasteiger partial charge >= 0.3 is 12.1 Å². The zero-order chi connectivity index (χ0) is 24.9. The van der Waals surface area contributed by atoms with Crippen molar-refractivity contribution in [3.8, 4) is 11.1 Å². The molecule has 3 N–H and O–H groups in total. The highest BCUT2D eigenvalue weighted by Gasteiger charge is 2.38. The molecule has 186 valence electrons. The Hall–Kier alpha value is -3.43. The highest BCUT2D eigenvalue weighted by molar-refractivity contribution is 5.87. The predicted molar refractivity (Wildman–Crippen MR) is 127 cm³/mol. The van der Waals surface area contributed by atoms with Crippen LogP contribution in [0.25, 0.3) is 11.1 Å². The summed E-state index contributed by atoms with van der Waals surface area (Å²) in [7, 11) is 1.53. The minimum atomic E-state index is -1.09. The van der Waals surface area contributed by atoms with Crippen LogP contribution in [-0.4, -0.2) is 78.1 Å². The van der Waals surface area contributed by atoms with E-state index < -0.39 is 30.1 Å². The van der Waals surface area contributed by atoms with Gasteiger partial charge in [0.1, 0.15) is 12.6 Å². The summed E-state index contributed by atoms with van der Waals surface area (Å²) in [4.78, 5) is 38.6. The van der Waals surface area contributed by atoms with Crippen molar-refractivity contribution in [1.29, 1.82) is 0 Å². The average molecular weight is 483 g/mol. The topological polar surface area (TPSA) is 125 Å². The minimum absolute atomic E-state index is 0.0778. The van der Waals surface area contributed by atoms with Gasteiger partial charge in [-0.05, 0) is 35.1 Å². The maximum atomic E-state index is 13.2. The first kappa shape index (κ1) is 24.7. The molecule has 1 saturated heterocycles. The van der Waals surface area contributed by atoms with Crippen LogP contribution in [0.3, 0.4) is 0 Å². The molecule has 0 aromatic heterocycles. The molecule has 1 aliphatic carbocycles. The third-order valence-corrected chi connectivity index (χ3v) is 6.78. The summed E-state index contributed by atoms with van der Waals surface area (Å²) >= 11 is 0. The standard InChI is InChI=1S/C26H30N2O7/c1-34-17-12-16(14-29)28(13-17)25(32)23(10-11-24(30)31)27-26(33)35-15-22-20-8-4-2-6-18(20)19-7-3-5-9-21(19)22/h2-9,16-17,22-23,29H,10-15H2,1H3,(H,27,33)(H,30,31). The lowest BCUT2D eigenvalue weighted by molar-refractivity contribution is -0.138. The van der Waals surface area contributed by atoms with Gasteiger partial charge in [-0.15, -0.1) is 0 Å². The van der Waals surface area contributed by atoms with Crippen molar-refractivity contribution in [1.82, 2.24) is 10.2 Å². The van der Waals surface area contributed by atoms with Gasteiger partial charge in [-0.2, -0.15) is 0 Å². The summed E-state index contributed by atoms with van der Waals surface area (Å²) in [6.07, 6.45) is -0.949. The molecule has 3 unspecified atom stereocenters. The highest BCUT2D eigenvalue weighted by atomic mass is 16.5. The molecule has 2 aromatic rings. The monoisotopic (exact) mass is 482 g/mol. The second kappa shape index (κ2) is 10.9. The van der Waals surface area contributed by atoms with Gasteiger partial charge in [0, 0.05) is 26.0 Å². The third-order valence-electron chi connectivity index (χ3n) is 6.78. The number of aliphatic hydroxyl groups is 1. The molecular weight excluding hydrogens is 452 g/mol. The number of rotatable bonds is 9. The van der Waals surface area contributed by atoms with Gasteiger partial charge in [-0.25, -0.2) is 4.79 Å². The van der Waals surface area contributed by atoms with Gasteiger partial charge in [0.05, 0.1) is 18.8 Å². The Morgan fingerprint density at radius 3 is 2.29 bits per heavy atom. The number of carboxylic acid groups (broad SMARTS) is 1. The number of alkyl carbamates (subject to hydrolysis) is 1. The van der Waals surface area contributed by atoms with Crippen LogP contribution >= 0.6 is 0 Å². The quantitative estimate of drug-likeness (QED) is 0.501. The van der Waals surface area contributed by atoms with E-state index in [1.165, 1.54) is 12.0 Å². The molecule has 1 fully saturated rings. The molecule has 4 rings (SSSR count). The molecule has 35 heavy (non-hydrogen) atoms. The van der Waals surface area contributed by atoms with E-state index in [0.717, 1.165) is 22.3 Å². The van der Waals surface area contributed by atoms with Crippen LogP contribution in [0.5, 0.6) is 0 Å². The summed E-state index contributed by atoms with van der Waals surface area (Å²) < 4.78 is 10.9. The van der Waals surface area contributed by atoms with Crippen LogP contribution in [0.1, 0.15) is 36.3 Å². The average Bonchev–Trinajstić information content (AvgIpc) is 3.44. The van der Waals surface area contributed by atoms with Crippen LogP contribution < -0.4 is 5.32 Å². The van der Waals surface area contributed by atoms with Crippen molar-refractivity contribution in [3.05, 3.63) is 59.7 Å². The zero-order valence-electron chi connectivity index (χ0n) is 19.6. The number of ether oxygens (including phenoxy) is 2. The molecular formula is C26H30N2O7. The van der Waals surface area contributed by atoms with Crippen LogP contribution in [-0.2, 0) is 19.1 Å². The molecule has 2 aromatic carbocycles. The number of nitrogens with one attached hydrogen (secondary N) is 1. The molecule has 9 nitrogen and oxygen atoms in total. The summed E-state index contributed by atoms with van der Waals surface area (Å²) in [6.45, 7) is 0.0904. The number of hydrogen-bond donors (Lipinski definition) is 3. The van der Waals surface area contributed by atoms with Gasteiger partial charge in [0.25, 0.3) is 0 Å². The minimum Gasteiger partial charge on any atom is -0.481 e. The number of aliphatic carboxylic acids is 1. The number of benzene rings is 2. The number of aliphatic hydroxyl groups excluding tert-OH is 1. The Balaban J connectivity index is 1.44. The number of carbonyl (C=O) groups is 3. The van der Waals surface area contributed by atoms with Gasteiger partial charge in [0.15, 0.2) is 0 Å². The van der Waals surface area contributed by atoms with E-state index in [2.05, 4.69) is 5.32 Å². The summed E-state index contributed by atoms with van der Waals surface area (Å²) in [5, 5.41) is 21.4. The van der Waals surface area contributed by atoms with Crippen molar-refractivity contribution in [2.45, 2.75) is 43.4 Å². The Bertz CT molecular complexity index is 1040. The SMILES string of the molecule is COC1CC(CO)N(C(=O)C(CCC(=O)O)NC(=O)OCC2c3ccccc3-c3ccccc32)C1. The smallest absolute Gasteiger partial charge is 0.407 e. The molecule has 0 spiro atoms. The van der Waals surface area contributed by atoms with E-state index in [0.29, 0.717) is 6.42 Å². The Kier molecular flexibility index (Phi) is 7.67. The largest absolute Gasteiger partial charge is 0.481 e. The van der Waals surface area contributed by atoms with Crippen molar-refractivity contribution >= 4 is 18.0 Å². The number of fused-ring (bicyclic) bond motifs is 3. The molecule has 9 heteroatoms. The lowest BCUT2D eigenvalue weighted by atomic mass is 9.98. The number of carbonyl (C=O) groups excluding carboxylic acids is 2.